The maximum Gasteiger partial charge on any atom is 0.422 e. The van der Waals surface area contributed by atoms with Crippen molar-refractivity contribution in [1.29, 1.82) is 0 Å². The van der Waals surface area contributed by atoms with Gasteiger partial charge < -0.3 is 23.8 Å². The zero-order valence-corrected chi connectivity index (χ0v) is 22.0. The zero-order valence-electron chi connectivity index (χ0n) is 20.5. The summed E-state index contributed by atoms with van der Waals surface area (Å²) in [6.45, 7) is 1.47. The van der Waals surface area contributed by atoms with Gasteiger partial charge in [-0.25, -0.2) is 14.5 Å². The van der Waals surface area contributed by atoms with E-state index in [9.17, 15) is 26.4 Å². The maximum atomic E-state index is 13.0. The molecule has 0 aliphatic carbocycles. The Labute approximate surface area is 222 Å². The van der Waals surface area contributed by atoms with Crippen LogP contribution < -0.4 is 14.2 Å². The number of rotatable bonds is 10. The quantitative estimate of drug-likeness (QED) is 0.421. The average molecular weight is 583 g/mol. The molecule has 1 amide bonds. The van der Waals surface area contributed by atoms with Crippen molar-refractivity contribution in [2.75, 3.05) is 53.6 Å². The van der Waals surface area contributed by atoms with Gasteiger partial charge in [0.25, 0.3) is 0 Å². The van der Waals surface area contributed by atoms with Crippen LogP contribution in [-0.2, 0) is 32.5 Å². The van der Waals surface area contributed by atoms with Crippen molar-refractivity contribution in [3.05, 3.63) is 46.6 Å². The molecule has 0 atom stereocenters. The highest BCUT2D eigenvalue weighted by molar-refractivity contribution is 7.87. The van der Waals surface area contributed by atoms with Gasteiger partial charge in [0.2, 0.25) is 5.88 Å². The number of benzene rings is 1. The number of aromatic nitrogens is 1. The van der Waals surface area contributed by atoms with E-state index in [-0.39, 0.29) is 43.5 Å². The molecule has 38 heavy (non-hydrogen) atoms. The lowest BCUT2D eigenvalue weighted by molar-refractivity contribution is -0.137. The Balaban J connectivity index is 1.74. The number of nitrogens with zero attached hydrogens (tertiary/aromatic N) is 3. The van der Waals surface area contributed by atoms with Crippen LogP contribution in [0, 0.1) is 0 Å². The summed E-state index contributed by atoms with van der Waals surface area (Å²) in [5.41, 5.74) is -0.831. The summed E-state index contributed by atoms with van der Waals surface area (Å²) in [6, 6.07) is 5.05. The number of alkyl halides is 3. The number of amides is 1. The first-order valence-electron chi connectivity index (χ1n) is 11.2. The number of methoxy groups -OCH3 is 1. The molecule has 1 aromatic carbocycles. The van der Waals surface area contributed by atoms with Crippen molar-refractivity contribution >= 4 is 27.9 Å². The monoisotopic (exact) mass is 582 g/mol. The molecule has 11 nitrogen and oxygen atoms in total. The number of hydrogen-bond donors (Lipinski definition) is 1. The molecule has 2 aromatic rings. The summed E-state index contributed by atoms with van der Waals surface area (Å²) in [5.74, 6) is -0.0215. The second-order valence-electron chi connectivity index (χ2n) is 8.11. The number of piperazine rings is 1. The van der Waals surface area contributed by atoms with Crippen LogP contribution in [0.5, 0.6) is 17.4 Å². The molecular weight excluding hydrogens is 557 g/mol. The molecule has 1 aromatic heterocycles. The molecule has 0 saturated carbocycles. The number of pyridine rings is 1. The highest BCUT2D eigenvalue weighted by Gasteiger charge is 2.32. The molecule has 1 aliphatic rings. The highest BCUT2D eigenvalue weighted by Crippen LogP contribution is 2.36. The average Bonchev–Trinajstić information content (AvgIpc) is 2.84. The van der Waals surface area contributed by atoms with Crippen molar-refractivity contribution < 1.29 is 45.3 Å². The number of hydrogen-bond acceptors (Lipinski definition) is 9. The van der Waals surface area contributed by atoms with Gasteiger partial charge in [0.15, 0.2) is 0 Å². The third-order valence-corrected chi connectivity index (χ3v) is 7.05. The lowest BCUT2D eigenvalue weighted by atomic mass is 10.2. The SMILES string of the molecule is COCCOc1ccc(COC(=O)NS(=O)(=O)N2CCN(C)CC2)c(Oc2ncc(C(F)(F)F)cc2Cl)c1. The molecule has 0 unspecified atom stereocenters. The van der Waals surface area contributed by atoms with Gasteiger partial charge >= 0.3 is 22.5 Å². The number of carbonyl (C=O) groups is 1. The summed E-state index contributed by atoms with van der Waals surface area (Å²) in [6.07, 6.45) is -5.31. The molecule has 0 bridgehead atoms. The molecule has 1 fully saturated rings. The number of halogens is 4. The summed E-state index contributed by atoms with van der Waals surface area (Å²) in [5, 5.41) is -0.409. The van der Waals surface area contributed by atoms with E-state index in [0.717, 1.165) is 4.31 Å². The standard InChI is InChI=1S/C22H26ClF3N4O7S/c1-29-5-7-30(8-6-29)38(32,33)28-21(31)36-14-15-3-4-17(35-10-9-34-2)12-19(15)37-20-18(23)11-16(13-27-20)22(24,25)26/h3-4,11-13H,5-10,14H2,1-2H3,(H,28,31). The van der Waals surface area contributed by atoms with E-state index in [4.69, 9.17) is 30.5 Å². The molecule has 0 radical (unpaired) electrons. The van der Waals surface area contributed by atoms with Crippen LogP contribution >= 0.6 is 11.6 Å². The minimum Gasteiger partial charge on any atom is -0.491 e. The molecular formula is C22H26ClF3N4O7S. The lowest BCUT2D eigenvalue weighted by Gasteiger charge is -2.31. The molecule has 3 rings (SSSR count). The summed E-state index contributed by atoms with van der Waals surface area (Å²) in [4.78, 5) is 17.9. The Bertz CT molecular complexity index is 1230. The van der Waals surface area contributed by atoms with Crippen LogP contribution in [0.15, 0.2) is 30.5 Å². The minimum absolute atomic E-state index is 0.00352. The fourth-order valence-corrected chi connectivity index (χ4v) is 4.46. The molecule has 1 saturated heterocycles. The largest absolute Gasteiger partial charge is 0.491 e. The van der Waals surface area contributed by atoms with E-state index < -0.39 is 39.7 Å². The summed E-state index contributed by atoms with van der Waals surface area (Å²) in [7, 11) is -0.765. The Morgan fingerprint density at radius 2 is 1.87 bits per heavy atom. The van der Waals surface area contributed by atoms with Gasteiger partial charge in [-0.1, -0.05) is 11.6 Å². The number of ether oxygens (including phenoxy) is 4. The number of nitrogens with one attached hydrogen (secondary N) is 1. The third-order valence-electron chi connectivity index (χ3n) is 5.31. The number of likely N-dealkylation sites (N-methyl/N-ethyl adjacent to an activating group) is 1. The summed E-state index contributed by atoms with van der Waals surface area (Å²) < 4.78 is 87.9. The number of carbonyl (C=O) groups excluding carboxylic acids is 1. The smallest absolute Gasteiger partial charge is 0.422 e. The second kappa shape index (κ2) is 12.8. The van der Waals surface area contributed by atoms with E-state index in [0.29, 0.717) is 31.1 Å². The van der Waals surface area contributed by atoms with E-state index in [1.54, 1.807) is 0 Å². The third kappa shape index (κ3) is 8.33. The van der Waals surface area contributed by atoms with Crippen LogP contribution in [0.2, 0.25) is 5.02 Å². The normalized spacial score (nSPS) is 15.2. The van der Waals surface area contributed by atoms with Crippen LogP contribution in [0.1, 0.15) is 11.1 Å². The van der Waals surface area contributed by atoms with Gasteiger partial charge in [-0.15, -0.1) is 0 Å². The minimum atomic E-state index is -4.65. The van der Waals surface area contributed by atoms with E-state index in [1.807, 2.05) is 16.7 Å². The van der Waals surface area contributed by atoms with Gasteiger partial charge in [0.1, 0.15) is 29.7 Å². The van der Waals surface area contributed by atoms with Crippen molar-refractivity contribution in [3.8, 4) is 17.4 Å². The van der Waals surface area contributed by atoms with Gasteiger partial charge in [-0.2, -0.15) is 25.9 Å². The molecule has 2 heterocycles. The topological polar surface area (TPSA) is 120 Å². The zero-order chi connectivity index (χ0) is 27.9. The molecule has 210 valence electrons. The van der Waals surface area contributed by atoms with Gasteiger partial charge in [-0.3, -0.25) is 0 Å². The van der Waals surface area contributed by atoms with E-state index >= 15 is 0 Å². The van der Waals surface area contributed by atoms with Crippen molar-refractivity contribution in [2.24, 2.45) is 0 Å². The van der Waals surface area contributed by atoms with Crippen LogP contribution in [0.25, 0.3) is 0 Å². The van der Waals surface area contributed by atoms with Gasteiger partial charge in [0, 0.05) is 51.1 Å². The Morgan fingerprint density at radius 1 is 1.16 bits per heavy atom. The van der Waals surface area contributed by atoms with Gasteiger partial charge in [0.05, 0.1) is 12.2 Å². The summed E-state index contributed by atoms with van der Waals surface area (Å²) >= 11 is 5.96. The highest BCUT2D eigenvalue weighted by atomic mass is 35.5. The van der Waals surface area contributed by atoms with Gasteiger partial charge in [-0.05, 0) is 25.2 Å². The van der Waals surface area contributed by atoms with Crippen molar-refractivity contribution in [3.63, 3.8) is 0 Å². The molecule has 0 spiro atoms. The predicted molar refractivity (Wildman–Crippen MR) is 129 cm³/mol. The fourth-order valence-electron chi connectivity index (χ4n) is 3.21. The van der Waals surface area contributed by atoms with E-state index in [2.05, 4.69) is 4.98 Å². The maximum absolute atomic E-state index is 13.0. The van der Waals surface area contributed by atoms with E-state index in [1.165, 1.54) is 25.3 Å². The Hall–Kier alpha value is -2.85. The molecule has 16 heteroatoms. The Morgan fingerprint density at radius 3 is 2.50 bits per heavy atom. The van der Waals surface area contributed by atoms with Crippen molar-refractivity contribution in [2.45, 2.75) is 12.8 Å². The van der Waals surface area contributed by atoms with Crippen LogP contribution in [0.3, 0.4) is 0 Å². The van der Waals surface area contributed by atoms with Crippen LogP contribution in [-0.4, -0.2) is 82.3 Å². The second-order valence-corrected chi connectivity index (χ2v) is 10.2. The molecule has 1 N–H and O–H groups in total. The first kappa shape index (κ1) is 29.7. The van der Waals surface area contributed by atoms with Crippen LogP contribution in [0.4, 0.5) is 18.0 Å². The predicted octanol–water partition coefficient (Wildman–Crippen LogP) is 3.29. The Kier molecular flexibility index (Phi) is 10.0. The first-order valence-corrected chi connectivity index (χ1v) is 13.0. The first-order chi connectivity index (χ1) is 17.9. The fraction of sp³-hybridized carbons (Fsp3) is 0.455. The molecule has 1 aliphatic heterocycles. The lowest BCUT2D eigenvalue weighted by Crippen LogP contribution is -2.52. The van der Waals surface area contributed by atoms with Crippen molar-refractivity contribution in [1.82, 2.24) is 18.9 Å².